The minimum absolute atomic E-state index is 0.758. The Hall–Kier alpha value is -1.27. The van der Waals surface area contributed by atoms with Gasteiger partial charge in [0, 0.05) is 25.0 Å². The number of hydrogen-bond acceptors (Lipinski definition) is 5. The molecule has 1 N–H and O–H groups in total. The van der Waals surface area contributed by atoms with Gasteiger partial charge >= 0.3 is 0 Å². The minimum atomic E-state index is -0.759. The van der Waals surface area contributed by atoms with Crippen LogP contribution in [0.25, 0.3) is 0 Å². The van der Waals surface area contributed by atoms with Gasteiger partial charge in [0.25, 0.3) is 0 Å². The molecule has 0 radical (unpaired) electrons. The summed E-state index contributed by atoms with van der Waals surface area (Å²) in [6.45, 7) is 10.1. The Bertz CT molecular complexity index is 646. The molecule has 1 aliphatic heterocycles. The van der Waals surface area contributed by atoms with E-state index < -0.39 is 5.60 Å². The molecule has 0 aliphatic carbocycles. The van der Waals surface area contributed by atoms with Gasteiger partial charge in [-0.1, -0.05) is 44.2 Å². The molecular formula is C20H29N3OS. The van der Waals surface area contributed by atoms with Crippen molar-refractivity contribution < 1.29 is 5.11 Å². The molecule has 1 aromatic carbocycles. The first-order chi connectivity index (χ1) is 12.1. The van der Waals surface area contributed by atoms with Gasteiger partial charge in [-0.2, -0.15) is 0 Å². The lowest BCUT2D eigenvalue weighted by atomic mass is 9.88. The fourth-order valence-corrected chi connectivity index (χ4v) is 4.34. The molecule has 3 rings (SSSR count). The second-order valence-corrected chi connectivity index (χ2v) is 7.82. The molecule has 1 fully saturated rings. The normalized spacial score (nSPS) is 17.9. The summed E-state index contributed by atoms with van der Waals surface area (Å²) in [7, 11) is 0. The summed E-state index contributed by atoms with van der Waals surface area (Å²) in [5, 5.41) is 14.3. The molecule has 0 saturated carbocycles. The predicted molar refractivity (Wildman–Crippen MR) is 104 cm³/mol. The molecule has 25 heavy (non-hydrogen) atoms. The van der Waals surface area contributed by atoms with E-state index in [1.165, 1.54) is 5.56 Å². The summed E-state index contributed by atoms with van der Waals surface area (Å²) in [6, 6.07) is 10.6. The molecule has 136 valence electrons. The number of likely N-dealkylation sites (tertiary alicyclic amines) is 1. The minimum Gasteiger partial charge on any atom is -0.383 e. The predicted octanol–water partition coefficient (Wildman–Crippen LogP) is 3.47. The van der Waals surface area contributed by atoms with Gasteiger partial charge in [0.05, 0.1) is 12.2 Å². The van der Waals surface area contributed by atoms with Gasteiger partial charge in [-0.05, 0) is 31.5 Å². The molecule has 1 aliphatic rings. The van der Waals surface area contributed by atoms with Crippen LogP contribution in [0.5, 0.6) is 0 Å². The van der Waals surface area contributed by atoms with Crippen molar-refractivity contribution >= 4 is 11.3 Å². The summed E-state index contributed by atoms with van der Waals surface area (Å²) in [6.07, 6.45) is 1.52. The Kier molecular flexibility index (Phi) is 6.23. The number of piperidine rings is 1. The van der Waals surface area contributed by atoms with Crippen LogP contribution in [0, 0.1) is 0 Å². The third kappa shape index (κ3) is 4.67. The Morgan fingerprint density at radius 3 is 2.48 bits per heavy atom. The maximum absolute atomic E-state index is 11.1. The number of rotatable bonds is 7. The Labute approximate surface area is 155 Å². The third-order valence-electron chi connectivity index (χ3n) is 5.21. The highest BCUT2D eigenvalue weighted by atomic mass is 32.1. The average Bonchev–Trinajstić information content (AvgIpc) is 3.12. The fraction of sp³-hybridized carbons (Fsp3) is 0.550. The molecule has 0 bridgehead atoms. The molecule has 4 nitrogen and oxygen atoms in total. The van der Waals surface area contributed by atoms with E-state index in [4.69, 9.17) is 4.98 Å². The zero-order chi connectivity index (χ0) is 17.7. The van der Waals surface area contributed by atoms with E-state index in [1.807, 2.05) is 0 Å². The van der Waals surface area contributed by atoms with Crippen molar-refractivity contribution in [3.05, 3.63) is 52.0 Å². The third-order valence-corrected chi connectivity index (χ3v) is 6.05. The molecule has 2 aromatic rings. The largest absolute Gasteiger partial charge is 0.383 e. The molecule has 0 unspecified atom stereocenters. The molecule has 5 heteroatoms. The fourth-order valence-electron chi connectivity index (χ4n) is 3.41. The van der Waals surface area contributed by atoms with Crippen LogP contribution in [0.4, 0.5) is 0 Å². The molecular weight excluding hydrogens is 330 g/mol. The topological polar surface area (TPSA) is 39.6 Å². The molecule has 0 atom stereocenters. The van der Waals surface area contributed by atoms with Crippen LogP contribution in [0.15, 0.2) is 35.7 Å². The summed E-state index contributed by atoms with van der Waals surface area (Å²) < 4.78 is 0. The summed E-state index contributed by atoms with van der Waals surface area (Å²) in [4.78, 5) is 9.54. The number of aromatic nitrogens is 1. The highest BCUT2D eigenvalue weighted by Crippen LogP contribution is 2.34. The summed E-state index contributed by atoms with van der Waals surface area (Å²) >= 11 is 1.68. The summed E-state index contributed by atoms with van der Waals surface area (Å²) in [5.74, 6) is 0. The lowest BCUT2D eigenvalue weighted by Gasteiger charge is -2.37. The number of aliphatic hydroxyl groups is 1. The lowest BCUT2D eigenvalue weighted by molar-refractivity contribution is -0.0307. The van der Waals surface area contributed by atoms with Crippen molar-refractivity contribution in [2.45, 2.75) is 45.4 Å². The Balaban J connectivity index is 1.58. The quantitative estimate of drug-likeness (QED) is 0.822. The number of hydrogen-bond donors (Lipinski definition) is 1. The van der Waals surface area contributed by atoms with E-state index >= 15 is 0 Å². The number of thiazole rings is 1. The molecule has 0 spiro atoms. The molecule has 2 heterocycles. The van der Waals surface area contributed by atoms with Crippen molar-refractivity contribution in [2.24, 2.45) is 0 Å². The molecule has 1 saturated heterocycles. The summed E-state index contributed by atoms with van der Waals surface area (Å²) in [5.41, 5.74) is 1.45. The van der Waals surface area contributed by atoms with Crippen LogP contribution >= 0.6 is 11.3 Å². The number of nitrogens with zero attached hydrogens (tertiary/aromatic N) is 3. The smallest absolute Gasteiger partial charge is 0.110 e. The van der Waals surface area contributed by atoms with Gasteiger partial charge in [-0.3, -0.25) is 9.80 Å². The van der Waals surface area contributed by atoms with Crippen LogP contribution in [0.1, 0.15) is 43.0 Å². The van der Waals surface area contributed by atoms with Crippen molar-refractivity contribution in [3.63, 3.8) is 0 Å². The Morgan fingerprint density at radius 1 is 1.16 bits per heavy atom. The van der Waals surface area contributed by atoms with E-state index in [9.17, 15) is 5.11 Å². The van der Waals surface area contributed by atoms with E-state index in [2.05, 4.69) is 59.4 Å². The van der Waals surface area contributed by atoms with Gasteiger partial charge in [-0.15, -0.1) is 11.3 Å². The van der Waals surface area contributed by atoms with Crippen molar-refractivity contribution in [3.8, 4) is 0 Å². The van der Waals surface area contributed by atoms with Crippen LogP contribution in [0.2, 0.25) is 0 Å². The van der Waals surface area contributed by atoms with Gasteiger partial charge in [0.2, 0.25) is 0 Å². The van der Waals surface area contributed by atoms with Crippen LogP contribution in [0.3, 0.4) is 0 Å². The second-order valence-electron chi connectivity index (χ2n) is 6.88. The van der Waals surface area contributed by atoms with E-state index in [0.29, 0.717) is 0 Å². The van der Waals surface area contributed by atoms with Crippen LogP contribution < -0.4 is 0 Å². The monoisotopic (exact) mass is 359 g/mol. The maximum atomic E-state index is 11.1. The SMILES string of the molecule is CCN(CC)Cc1nc(C2(O)CCN(Cc3ccccc3)CC2)cs1. The first-order valence-electron chi connectivity index (χ1n) is 9.29. The molecule has 0 amide bonds. The van der Waals surface area contributed by atoms with Gasteiger partial charge in [0.1, 0.15) is 10.6 Å². The van der Waals surface area contributed by atoms with Gasteiger partial charge < -0.3 is 5.11 Å². The van der Waals surface area contributed by atoms with Crippen molar-refractivity contribution in [2.75, 3.05) is 26.2 Å². The van der Waals surface area contributed by atoms with Crippen molar-refractivity contribution in [1.29, 1.82) is 0 Å². The number of benzene rings is 1. The van der Waals surface area contributed by atoms with E-state index in [-0.39, 0.29) is 0 Å². The zero-order valence-electron chi connectivity index (χ0n) is 15.3. The Morgan fingerprint density at radius 2 is 1.84 bits per heavy atom. The lowest BCUT2D eigenvalue weighted by Crippen LogP contribution is -2.42. The average molecular weight is 360 g/mol. The van der Waals surface area contributed by atoms with E-state index in [1.54, 1.807) is 11.3 Å². The highest BCUT2D eigenvalue weighted by molar-refractivity contribution is 7.09. The van der Waals surface area contributed by atoms with Gasteiger partial charge in [-0.25, -0.2) is 4.98 Å². The zero-order valence-corrected chi connectivity index (χ0v) is 16.1. The van der Waals surface area contributed by atoms with Crippen LogP contribution in [-0.4, -0.2) is 46.1 Å². The van der Waals surface area contributed by atoms with E-state index in [0.717, 1.165) is 62.8 Å². The highest BCUT2D eigenvalue weighted by Gasteiger charge is 2.36. The van der Waals surface area contributed by atoms with Crippen molar-refractivity contribution in [1.82, 2.24) is 14.8 Å². The molecule has 1 aromatic heterocycles. The maximum Gasteiger partial charge on any atom is 0.110 e. The first kappa shape index (κ1) is 18.5. The van der Waals surface area contributed by atoms with Gasteiger partial charge in [0.15, 0.2) is 0 Å². The standard InChI is InChI=1S/C20H29N3OS/c1-3-22(4-2)15-19-21-18(16-25-19)20(24)10-12-23(13-11-20)14-17-8-6-5-7-9-17/h5-9,16,24H,3-4,10-15H2,1-2H3. The van der Waals surface area contributed by atoms with Crippen LogP contribution in [-0.2, 0) is 18.7 Å². The first-order valence-corrected chi connectivity index (χ1v) is 10.2. The second kappa shape index (κ2) is 8.41.